The minimum absolute atomic E-state index is 0.0436. The third-order valence-electron chi connectivity index (χ3n) is 2.97. The molecule has 2 atom stereocenters. The molecule has 1 aromatic rings. The van der Waals surface area contributed by atoms with Crippen LogP contribution in [0.25, 0.3) is 0 Å². The molecule has 1 aliphatic rings. The van der Waals surface area contributed by atoms with Crippen LogP contribution in [0.15, 0.2) is 24.3 Å². The smallest absolute Gasteiger partial charge is 0.120 e. The van der Waals surface area contributed by atoms with Crippen LogP contribution in [-0.2, 0) is 0 Å². The van der Waals surface area contributed by atoms with Crippen LogP contribution in [0.3, 0.4) is 0 Å². The Kier molecular flexibility index (Phi) is 3.31. The van der Waals surface area contributed by atoms with E-state index in [4.69, 9.17) is 14.7 Å². The molecule has 16 heavy (non-hydrogen) atoms. The van der Waals surface area contributed by atoms with Crippen molar-refractivity contribution in [3.8, 4) is 17.6 Å². The molecule has 0 bridgehead atoms. The Balaban J connectivity index is 2.01. The Morgan fingerprint density at radius 2 is 1.88 bits per heavy atom. The Morgan fingerprint density at radius 3 is 2.50 bits per heavy atom. The highest BCUT2D eigenvalue weighted by Crippen LogP contribution is 2.29. The lowest BCUT2D eigenvalue weighted by molar-refractivity contribution is 0.182. The zero-order valence-corrected chi connectivity index (χ0v) is 9.35. The topological polar surface area (TPSA) is 42.2 Å². The van der Waals surface area contributed by atoms with Gasteiger partial charge in [0, 0.05) is 0 Å². The summed E-state index contributed by atoms with van der Waals surface area (Å²) in [5, 5.41) is 8.95. The zero-order chi connectivity index (χ0) is 11.4. The van der Waals surface area contributed by atoms with Crippen molar-refractivity contribution in [2.24, 2.45) is 5.92 Å². The Bertz CT molecular complexity index is 380. The molecule has 2 rings (SSSR count). The Morgan fingerprint density at radius 1 is 1.19 bits per heavy atom. The molecule has 2 unspecified atom stereocenters. The highest BCUT2D eigenvalue weighted by atomic mass is 16.5. The molecule has 0 spiro atoms. The lowest BCUT2D eigenvalue weighted by atomic mass is 10.1. The summed E-state index contributed by atoms with van der Waals surface area (Å²) in [5.41, 5.74) is 0. The summed E-state index contributed by atoms with van der Waals surface area (Å²) >= 11 is 0. The minimum Gasteiger partial charge on any atom is -0.497 e. The van der Waals surface area contributed by atoms with Gasteiger partial charge in [-0.25, -0.2) is 0 Å². The summed E-state index contributed by atoms with van der Waals surface area (Å²) in [6, 6.07) is 9.80. The van der Waals surface area contributed by atoms with Crippen molar-refractivity contribution in [1.82, 2.24) is 0 Å². The Labute approximate surface area is 95.6 Å². The molecule has 0 amide bonds. The van der Waals surface area contributed by atoms with E-state index in [1.165, 1.54) is 0 Å². The standard InChI is InChI=1S/C13H15NO2/c1-15-11-5-7-12(8-6-11)16-13-4-2-3-10(13)9-14/h5-8,10,13H,2-4H2,1H3. The summed E-state index contributed by atoms with van der Waals surface area (Å²) in [4.78, 5) is 0. The summed E-state index contributed by atoms with van der Waals surface area (Å²) in [7, 11) is 1.64. The molecular formula is C13H15NO2. The molecule has 0 radical (unpaired) electrons. The van der Waals surface area contributed by atoms with Crippen LogP contribution in [0, 0.1) is 17.2 Å². The molecule has 0 aliphatic heterocycles. The van der Waals surface area contributed by atoms with Gasteiger partial charge < -0.3 is 9.47 Å². The number of rotatable bonds is 3. The third-order valence-corrected chi connectivity index (χ3v) is 2.97. The molecule has 1 saturated carbocycles. The van der Waals surface area contributed by atoms with E-state index in [2.05, 4.69) is 6.07 Å². The van der Waals surface area contributed by atoms with Gasteiger partial charge in [0.05, 0.1) is 19.1 Å². The van der Waals surface area contributed by atoms with Crippen molar-refractivity contribution in [3.63, 3.8) is 0 Å². The summed E-state index contributed by atoms with van der Waals surface area (Å²) in [5.74, 6) is 1.67. The van der Waals surface area contributed by atoms with E-state index in [1.807, 2.05) is 24.3 Å². The second-order valence-corrected chi connectivity index (χ2v) is 4.00. The first-order valence-electron chi connectivity index (χ1n) is 5.54. The summed E-state index contributed by atoms with van der Waals surface area (Å²) in [6.45, 7) is 0. The highest BCUT2D eigenvalue weighted by molar-refractivity contribution is 5.31. The normalized spacial score (nSPS) is 23.8. The first-order valence-corrected chi connectivity index (χ1v) is 5.54. The Hall–Kier alpha value is -1.69. The van der Waals surface area contributed by atoms with E-state index in [9.17, 15) is 0 Å². The number of hydrogen-bond donors (Lipinski definition) is 0. The van der Waals surface area contributed by atoms with Crippen molar-refractivity contribution in [2.75, 3.05) is 7.11 Å². The van der Waals surface area contributed by atoms with Gasteiger partial charge >= 0.3 is 0 Å². The van der Waals surface area contributed by atoms with Gasteiger partial charge in [0.1, 0.15) is 17.6 Å². The van der Waals surface area contributed by atoms with Crippen LogP contribution in [0.4, 0.5) is 0 Å². The first kappa shape index (κ1) is 10.8. The van der Waals surface area contributed by atoms with Crippen molar-refractivity contribution >= 4 is 0 Å². The van der Waals surface area contributed by atoms with Crippen molar-refractivity contribution in [3.05, 3.63) is 24.3 Å². The van der Waals surface area contributed by atoms with E-state index >= 15 is 0 Å². The van der Waals surface area contributed by atoms with Gasteiger partial charge in [-0.15, -0.1) is 0 Å². The quantitative estimate of drug-likeness (QED) is 0.781. The molecule has 3 nitrogen and oxygen atoms in total. The number of methoxy groups -OCH3 is 1. The molecular weight excluding hydrogens is 202 g/mol. The first-order chi connectivity index (χ1) is 7.83. The van der Waals surface area contributed by atoms with Gasteiger partial charge in [0.15, 0.2) is 0 Å². The predicted molar refractivity (Wildman–Crippen MR) is 60.4 cm³/mol. The largest absolute Gasteiger partial charge is 0.497 e. The lowest BCUT2D eigenvalue weighted by Crippen LogP contribution is -2.19. The SMILES string of the molecule is COc1ccc(OC2CCCC2C#N)cc1. The molecule has 3 heteroatoms. The van der Waals surface area contributed by atoms with E-state index in [1.54, 1.807) is 7.11 Å². The van der Waals surface area contributed by atoms with Gasteiger partial charge in [-0.2, -0.15) is 5.26 Å². The van der Waals surface area contributed by atoms with Gasteiger partial charge in [0.25, 0.3) is 0 Å². The number of hydrogen-bond acceptors (Lipinski definition) is 3. The molecule has 84 valence electrons. The van der Waals surface area contributed by atoms with E-state index in [-0.39, 0.29) is 12.0 Å². The number of benzene rings is 1. The average Bonchev–Trinajstić information content (AvgIpc) is 2.77. The van der Waals surface area contributed by atoms with Gasteiger partial charge in [-0.05, 0) is 43.5 Å². The summed E-state index contributed by atoms with van der Waals surface area (Å²) in [6.07, 6.45) is 3.07. The highest BCUT2D eigenvalue weighted by Gasteiger charge is 2.28. The molecule has 1 aliphatic carbocycles. The molecule has 1 aromatic carbocycles. The summed E-state index contributed by atoms with van der Waals surface area (Å²) < 4.78 is 10.9. The third kappa shape index (κ3) is 2.27. The second-order valence-electron chi connectivity index (χ2n) is 4.00. The lowest BCUT2D eigenvalue weighted by Gasteiger charge is -2.16. The maximum absolute atomic E-state index is 8.95. The maximum Gasteiger partial charge on any atom is 0.120 e. The van der Waals surface area contributed by atoms with Gasteiger partial charge in [-0.1, -0.05) is 0 Å². The van der Waals surface area contributed by atoms with Crippen LogP contribution >= 0.6 is 0 Å². The van der Waals surface area contributed by atoms with Crippen LogP contribution in [-0.4, -0.2) is 13.2 Å². The van der Waals surface area contributed by atoms with Crippen molar-refractivity contribution in [2.45, 2.75) is 25.4 Å². The fourth-order valence-corrected chi connectivity index (χ4v) is 2.04. The van der Waals surface area contributed by atoms with E-state index in [0.717, 1.165) is 30.8 Å². The number of nitriles is 1. The van der Waals surface area contributed by atoms with E-state index in [0.29, 0.717) is 0 Å². The van der Waals surface area contributed by atoms with Crippen LogP contribution in [0.2, 0.25) is 0 Å². The van der Waals surface area contributed by atoms with E-state index < -0.39 is 0 Å². The molecule has 0 saturated heterocycles. The van der Waals surface area contributed by atoms with Crippen LogP contribution < -0.4 is 9.47 Å². The van der Waals surface area contributed by atoms with Crippen molar-refractivity contribution in [1.29, 1.82) is 5.26 Å². The second kappa shape index (κ2) is 4.89. The maximum atomic E-state index is 8.95. The monoisotopic (exact) mass is 217 g/mol. The predicted octanol–water partition coefficient (Wildman–Crippen LogP) is 2.77. The van der Waals surface area contributed by atoms with Crippen LogP contribution in [0.1, 0.15) is 19.3 Å². The fourth-order valence-electron chi connectivity index (χ4n) is 2.04. The number of ether oxygens (including phenoxy) is 2. The molecule has 0 N–H and O–H groups in total. The molecule has 0 heterocycles. The average molecular weight is 217 g/mol. The van der Waals surface area contributed by atoms with Crippen molar-refractivity contribution < 1.29 is 9.47 Å². The zero-order valence-electron chi connectivity index (χ0n) is 9.35. The molecule has 0 aromatic heterocycles. The molecule has 1 fully saturated rings. The fraction of sp³-hybridized carbons (Fsp3) is 0.462. The van der Waals surface area contributed by atoms with Gasteiger partial charge in [0.2, 0.25) is 0 Å². The number of nitrogens with zero attached hydrogens (tertiary/aromatic N) is 1. The minimum atomic E-state index is 0.0436. The van der Waals surface area contributed by atoms with Gasteiger partial charge in [-0.3, -0.25) is 0 Å². The van der Waals surface area contributed by atoms with Crippen LogP contribution in [0.5, 0.6) is 11.5 Å².